The molecule has 4 N–H and O–H groups in total. The number of phenols is 1. The van der Waals surface area contributed by atoms with Crippen LogP contribution in [0.4, 0.5) is 21.9 Å². The number of anilines is 3. The fourth-order valence-electron chi connectivity index (χ4n) is 6.27. The Morgan fingerprint density at radius 1 is 1.13 bits per heavy atom. The maximum absolute atomic E-state index is 13.7. The van der Waals surface area contributed by atoms with E-state index in [0.717, 1.165) is 46.8 Å². The first-order valence-corrected chi connectivity index (χ1v) is 16.0. The summed E-state index contributed by atoms with van der Waals surface area (Å²) in [5.41, 5.74) is 5.31. The van der Waals surface area contributed by atoms with Crippen molar-refractivity contribution in [1.29, 1.82) is 0 Å². The van der Waals surface area contributed by atoms with Gasteiger partial charge in [0.1, 0.15) is 62.5 Å². The molecule has 0 spiro atoms. The van der Waals surface area contributed by atoms with E-state index in [4.69, 9.17) is 4.74 Å². The Balaban J connectivity index is 1.30. The number of pyridine rings is 1. The van der Waals surface area contributed by atoms with Crippen LogP contribution in [-0.4, -0.2) is 104 Å². The third-order valence-corrected chi connectivity index (χ3v) is 10.3. The quantitative estimate of drug-likeness (QED) is 0.162. The van der Waals surface area contributed by atoms with Crippen molar-refractivity contribution in [2.24, 2.45) is 0 Å². The normalized spacial score (nSPS) is 16.9. The van der Waals surface area contributed by atoms with Crippen LogP contribution in [0.25, 0.3) is 10.2 Å². The third kappa shape index (κ3) is 5.51. The number of hydrogen-bond acceptors (Lipinski definition) is 8. The number of amides is 3. The van der Waals surface area contributed by atoms with Gasteiger partial charge in [0.05, 0.1) is 22.4 Å². The summed E-state index contributed by atoms with van der Waals surface area (Å²) in [6.45, 7) is 3.21. The Bertz CT molecular complexity index is 1850. The lowest BCUT2D eigenvalue weighted by Crippen LogP contribution is -2.58. The second kappa shape index (κ2) is 11.5. The summed E-state index contributed by atoms with van der Waals surface area (Å²) in [6, 6.07) is 6.71. The second-order valence-electron chi connectivity index (χ2n) is 12.6. The monoisotopic (exact) mass is 617 g/mol. The summed E-state index contributed by atoms with van der Waals surface area (Å²) in [7, 11) is 11.3. The molecule has 10 nitrogen and oxygen atoms in total. The van der Waals surface area contributed by atoms with Crippen LogP contribution in [0, 0.1) is 6.92 Å². The average Bonchev–Trinajstić information content (AvgIpc) is 3.37. The largest absolute Gasteiger partial charge is 0.505 e. The lowest BCUT2D eigenvalue weighted by Gasteiger charge is -2.41. The number of carbonyl (C=O) groups excluding carboxylic acids is 2. The number of aryl methyl sites for hydroxylation is 1. The summed E-state index contributed by atoms with van der Waals surface area (Å²) < 4.78 is 6.20. The van der Waals surface area contributed by atoms with E-state index in [9.17, 15) is 19.8 Å². The molecule has 6 rings (SSSR count). The molecule has 0 aliphatic carbocycles. The average molecular weight is 617 g/mol. The van der Waals surface area contributed by atoms with E-state index < -0.39 is 5.52 Å². The Morgan fingerprint density at radius 2 is 1.87 bits per heavy atom. The number of thiophene rings is 1. The van der Waals surface area contributed by atoms with Crippen molar-refractivity contribution in [2.75, 3.05) is 23.3 Å². The molecule has 0 saturated carbocycles. The highest BCUT2D eigenvalue weighted by atomic mass is 32.1. The molecule has 0 radical (unpaired) electrons. The summed E-state index contributed by atoms with van der Waals surface area (Å²) in [4.78, 5) is 36.4. The second-order valence-corrected chi connectivity index (χ2v) is 13.6. The number of nitrogens with one attached hydrogen (secondary N) is 2. The van der Waals surface area contributed by atoms with E-state index in [-0.39, 0.29) is 23.7 Å². The van der Waals surface area contributed by atoms with Gasteiger partial charge in [-0.3, -0.25) is 14.6 Å². The number of phenolic OH excluding ortho intramolecular Hbond substituents is 1. The van der Waals surface area contributed by atoms with Gasteiger partial charge >= 0.3 is 6.03 Å². The van der Waals surface area contributed by atoms with Gasteiger partial charge in [-0.1, -0.05) is 21.9 Å². The number of urea groups is 1. The van der Waals surface area contributed by atoms with Crippen LogP contribution in [0.1, 0.15) is 28.1 Å². The summed E-state index contributed by atoms with van der Waals surface area (Å²) in [5.74, 6) is 0.808. The molecular weight excluding hydrogens is 583 g/mol. The van der Waals surface area contributed by atoms with Gasteiger partial charge in [0.2, 0.25) is 0 Å². The number of aliphatic hydroxyl groups is 1. The molecular formula is C28H33B6N5O5S. The topological polar surface area (TPSA) is 127 Å². The predicted molar refractivity (Wildman–Crippen MR) is 197 cm³/mol. The van der Waals surface area contributed by atoms with Crippen molar-refractivity contribution >= 4 is 119 Å². The summed E-state index contributed by atoms with van der Waals surface area (Å²) in [6.07, 6.45) is 3.32. The fourth-order valence-corrected chi connectivity index (χ4v) is 7.29. The molecule has 4 heterocycles. The number of hydrogen-bond donors (Lipinski definition) is 4. The zero-order chi connectivity index (χ0) is 32.4. The zero-order valence-corrected chi connectivity index (χ0v) is 27.5. The summed E-state index contributed by atoms with van der Waals surface area (Å²) in [5, 5.41) is 28.1. The number of aromatic hydroxyl groups is 1. The van der Waals surface area contributed by atoms with Gasteiger partial charge < -0.3 is 25.6 Å². The molecule has 0 bridgehead atoms. The minimum atomic E-state index is -0.967. The minimum absolute atomic E-state index is 0.120. The highest BCUT2D eigenvalue weighted by Gasteiger charge is 2.35. The molecule has 45 heavy (non-hydrogen) atoms. The number of ether oxygens (including phenoxy) is 1. The molecule has 2 aromatic carbocycles. The van der Waals surface area contributed by atoms with E-state index in [1.54, 1.807) is 38.9 Å². The van der Waals surface area contributed by atoms with Crippen LogP contribution in [0.2, 0.25) is 0 Å². The van der Waals surface area contributed by atoms with Crippen LogP contribution >= 0.6 is 11.3 Å². The number of nitrogens with zero attached hydrogens (tertiary/aromatic N) is 3. The number of rotatable bonds is 6. The van der Waals surface area contributed by atoms with Crippen molar-refractivity contribution in [1.82, 2.24) is 15.2 Å². The smallest absolute Gasteiger partial charge is 0.331 e. The SMILES string of the molecule is Bc1c(B)c(B)c(Oc2ccc(N3C(=O)Nc4c(C(=O)N[C@@H]5CCCN(C(B)(B)O)C5)sc5nccc3c45)c(C)c2)c(O)c1B. The van der Waals surface area contributed by atoms with Crippen molar-refractivity contribution in [3.63, 3.8) is 0 Å². The van der Waals surface area contributed by atoms with Crippen molar-refractivity contribution in [2.45, 2.75) is 31.3 Å². The first-order valence-electron chi connectivity index (χ1n) is 15.1. The molecule has 2 aliphatic heterocycles. The van der Waals surface area contributed by atoms with Crippen LogP contribution in [-0.2, 0) is 0 Å². The lowest BCUT2D eigenvalue weighted by atomic mass is 9.66. The van der Waals surface area contributed by atoms with E-state index in [2.05, 4.69) is 15.6 Å². The van der Waals surface area contributed by atoms with E-state index in [1.165, 1.54) is 11.3 Å². The minimum Gasteiger partial charge on any atom is -0.505 e. The van der Waals surface area contributed by atoms with Crippen LogP contribution in [0.3, 0.4) is 0 Å². The summed E-state index contributed by atoms with van der Waals surface area (Å²) >= 11 is 1.25. The van der Waals surface area contributed by atoms with Crippen LogP contribution < -0.4 is 42.1 Å². The van der Waals surface area contributed by atoms with Gasteiger partial charge in [0.25, 0.3) is 5.91 Å². The predicted octanol–water partition coefficient (Wildman–Crippen LogP) is -4.12. The lowest BCUT2D eigenvalue weighted by molar-refractivity contribution is 0.00880. The molecule has 1 fully saturated rings. The molecule has 4 aromatic rings. The van der Waals surface area contributed by atoms with Crippen LogP contribution in [0.15, 0.2) is 30.5 Å². The molecule has 2 aromatic heterocycles. The standard InChI is InChI=1S/C28H33B6N5O5S/c1-11-9-13(44-23-20(32)18(30)17(29)19(31)22(23)40)4-5-14(11)39-15-6-7-35-26-16(15)21(37-27(39)42)24(45-26)25(41)36-12-3-2-8-38(10-12)28(33,34)43/h4-7,9,12,40,43H,2-3,8,10,29-34H2,1H3,(H,36,41)(H,37,42)/t12-/m1/s1. The van der Waals surface area contributed by atoms with Gasteiger partial charge in [-0.05, 0) is 56.1 Å². The molecule has 0 unspecified atom stereocenters. The number of benzene rings is 2. The molecule has 3 amide bonds. The zero-order valence-electron chi connectivity index (χ0n) is 26.7. The third-order valence-electron chi connectivity index (χ3n) is 9.21. The van der Waals surface area contributed by atoms with E-state index >= 15 is 0 Å². The Kier molecular flexibility index (Phi) is 7.99. The van der Waals surface area contributed by atoms with Crippen molar-refractivity contribution < 1.29 is 24.5 Å². The molecule has 2 aliphatic rings. The van der Waals surface area contributed by atoms with Gasteiger partial charge in [-0.2, -0.15) is 0 Å². The van der Waals surface area contributed by atoms with Crippen LogP contribution in [0.5, 0.6) is 17.2 Å². The van der Waals surface area contributed by atoms with Crippen molar-refractivity contribution in [3.05, 3.63) is 40.9 Å². The van der Waals surface area contributed by atoms with Gasteiger partial charge in [0, 0.05) is 24.3 Å². The first kappa shape index (κ1) is 31.2. The number of piperidine rings is 1. The number of carbonyl (C=O) groups is 2. The molecule has 1 saturated heterocycles. The maximum atomic E-state index is 13.7. The number of aromatic nitrogens is 1. The molecule has 224 valence electrons. The van der Waals surface area contributed by atoms with E-state index in [1.807, 2.05) is 55.3 Å². The van der Waals surface area contributed by atoms with Gasteiger partial charge in [0.15, 0.2) is 11.5 Å². The maximum Gasteiger partial charge on any atom is 0.331 e. The van der Waals surface area contributed by atoms with Gasteiger partial charge in [-0.25, -0.2) is 9.78 Å². The first-order chi connectivity index (χ1) is 21.3. The fraction of sp³-hybridized carbons (Fsp3) is 0.250. The Hall–Kier alpha value is -3.80. The Labute approximate surface area is 271 Å². The number of likely N-dealkylation sites (tertiary alicyclic amines) is 1. The Morgan fingerprint density at radius 3 is 2.58 bits per heavy atom. The molecule has 17 heteroatoms. The molecule has 1 atom stereocenters. The van der Waals surface area contributed by atoms with Gasteiger partial charge in [-0.15, -0.1) is 11.3 Å². The van der Waals surface area contributed by atoms with E-state index in [0.29, 0.717) is 50.2 Å². The highest BCUT2D eigenvalue weighted by Crippen LogP contribution is 2.46. The van der Waals surface area contributed by atoms with Crippen molar-refractivity contribution in [3.8, 4) is 17.2 Å². The highest BCUT2D eigenvalue weighted by molar-refractivity contribution is 7.21.